The first-order valence-electron chi connectivity index (χ1n) is 3.63. The van der Waals surface area contributed by atoms with E-state index in [0.717, 1.165) is 5.75 Å². The molecule has 0 bridgehead atoms. The quantitative estimate of drug-likeness (QED) is 0.521. The normalized spacial score (nSPS) is 15.3. The number of allylic oxidation sites excluding steroid dienone is 1. The highest BCUT2D eigenvalue weighted by Gasteiger charge is 2.13. The molecule has 0 unspecified atom stereocenters. The molecule has 0 atom stereocenters. The summed E-state index contributed by atoms with van der Waals surface area (Å²) in [5.41, 5.74) is 1.27. The van der Waals surface area contributed by atoms with E-state index in [4.69, 9.17) is 4.74 Å². The topological polar surface area (TPSA) is 9.23 Å². The van der Waals surface area contributed by atoms with E-state index in [1.54, 1.807) is 6.26 Å². The molecule has 0 N–H and O–H groups in total. The van der Waals surface area contributed by atoms with Gasteiger partial charge in [0.25, 0.3) is 0 Å². The zero-order valence-electron chi connectivity index (χ0n) is 5.87. The number of hydrogen-bond acceptors (Lipinski definition) is 1. The average Bonchev–Trinajstić information content (AvgIpc) is 2.83. The van der Waals surface area contributed by atoms with E-state index in [9.17, 15) is 0 Å². The van der Waals surface area contributed by atoms with Crippen molar-refractivity contribution in [2.24, 2.45) is 0 Å². The summed E-state index contributed by atoms with van der Waals surface area (Å²) in [5.74, 6) is 1.02. The summed E-state index contributed by atoms with van der Waals surface area (Å²) in [6.45, 7) is 0. The van der Waals surface area contributed by atoms with Gasteiger partial charge in [0.15, 0.2) is 0 Å². The first kappa shape index (κ1) is 5.19. The second-order valence-electron chi connectivity index (χ2n) is 2.74. The number of rotatable bonds is 0. The fraction of sp³-hybridized carbons (Fsp3) is 0. The molecule has 1 heterocycles. The molecular formula is C10H6O. The van der Waals surface area contributed by atoms with Crippen LogP contribution in [-0.2, 0) is 0 Å². The van der Waals surface area contributed by atoms with Crippen molar-refractivity contribution < 1.29 is 4.74 Å². The summed E-state index contributed by atoms with van der Waals surface area (Å²) < 4.78 is 5.36. The number of benzene rings is 1. The van der Waals surface area contributed by atoms with Gasteiger partial charge in [0.2, 0.25) is 0 Å². The van der Waals surface area contributed by atoms with Crippen molar-refractivity contribution in [2.45, 2.75) is 0 Å². The number of ether oxygens (including phenoxy) is 1. The van der Waals surface area contributed by atoms with Gasteiger partial charge in [-0.25, -0.2) is 0 Å². The molecule has 0 fully saturated rings. The zero-order chi connectivity index (χ0) is 7.26. The third kappa shape index (κ3) is 0.598. The van der Waals surface area contributed by atoms with Gasteiger partial charge < -0.3 is 4.74 Å². The molecule has 0 aromatic heterocycles. The second-order valence-corrected chi connectivity index (χ2v) is 2.74. The lowest BCUT2D eigenvalue weighted by atomic mass is 10.2. The van der Waals surface area contributed by atoms with Crippen molar-refractivity contribution in [1.29, 1.82) is 0 Å². The van der Waals surface area contributed by atoms with Gasteiger partial charge in [-0.15, -0.1) is 0 Å². The van der Waals surface area contributed by atoms with Gasteiger partial charge in [-0.2, -0.15) is 0 Å². The highest BCUT2D eigenvalue weighted by atomic mass is 16.5. The van der Waals surface area contributed by atoms with Gasteiger partial charge >= 0.3 is 0 Å². The first-order valence-corrected chi connectivity index (χ1v) is 3.63. The van der Waals surface area contributed by atoms with Gasteiger partial charge in [0.1, 0.15) is 5.75 Å². The summed E-state index contributed by atoms with van der Waals surface area (Å²) in [6.07, 6.45) is 7.82. The van der Waals surface area contributed by atoms with Crippen molar-refractivity contribution in [3.05, 3.63) is 40.5 Å². The second kappa shape index (κ2) is 1.56. The van der Waals surface area contributed by atoms with E-state index >= 15 is 0 Å². The molecule has 1 heteroatoms. The van der Waals surface area contributed by atoms with Crippen LogP contribution in [-0.4, -0.2) is 0 Å². The van der Waals surface area contributed by atoms with E-state index in [0.29, 0.717) is 0 Å². The van der Waals surface area contributed by atoms with Gasteiger partial charge in [-0.3, -0.25) is 0 Å². The average molecular weight is 142 g/mol. The van der Waals surface area contributed by atoms with Crippen LogP contribution in [0.2, 0.25) is 0 Å². The Morgan fingerprint density at radius 1 is 1.09 bits per heavy atom. The Kier molecular flexibility index (Phi) is 0.737. The molecule has 0 radical (unpaired) electrons. The van der Waals surface area contributed by atoms with Gasteiger partial charge in [0, 0.05) is 10.8 Å². The van der Waals surface area contributed by atoms with Crippen molar-refractivity contribution in [3.63, 3.8) is 0 Å². The molecule has 11 heavy (non-hydrogen) atoms. The Balaban J connectivity index is 2.45. The summed E-state index contributed by atoms with van der Waals surface area (Å²) in [6, 6.07) is 4.20. The minimum absolute atomic E-state index is 1.02. The van der Waals surface area contributed by atoms with E-state index in [1.807, 2.05) is 6.08 Å². The van der Waals surface area contributed by atoms with Crippen LogP contribution in [0.3, 0.4) is 0 Å². The van der Waals surface area contributed by atoms with Crippen LogP contribution in [0.1, 0.15) is 5.56 Å². The van der Waals surface area contributed by atoms with Crippen molar-refractivity contribution in [1.82, 2.24) is 0 Å². The Bertz CT molecular complexity index is 466. The van der Waals surface area contributed by atoms with E-state index in [2.05, 4.69) is 24.3 Å². The fourth-order valence-electron chi connectivity index (χ4n) is 1.38. The molecule has 52 valence electrons. The van der Waals surface area contributed by atoms with Crippen LogP contribution in [0.25, 0.3) is 12.2 Å². The van der Waals surface area contributed by atoms with Crippen LogP contribution in [0.15, 0.2) is 24.5 Å². The molecule has 0 amide bonds. The smallest absolute Gasteiger partial charge is 0.141 e. The number of hydrogen-bond donors (Lipinski definition) is 0. The molecule has 1 nitrogen and oxygen atoms in total. The van der Waals surface area contributed by atoms with Gasteiger partial charge in [-0.05, 0) is 23.4 Å². The molecule has 2 aliphatic rings. The maximum Gasteiger partial charge on any atom is 0.141 e. The van der Waals surface area contributed by atoms with Crippen LogP contribution >= 0.6 is 0 Å². The minimum atomic E-state index is 1.02. The number of fused-ring (bicyclic) bond motifs is 3. The van der Waals surface area contributed by atoms with Gasteiger partial charge in [0.05, 0.1) is 6.26 Å². The third-order valence-corrected chi connectivity index (χ3v) is 2.02. The molecule has 3 rings (SSSR count). The highest BCUT2D eigenvalue weighted by Crippen LogP contribution is 2.18. The Hall–Kier alpha value is -1.50. The lowest BCUT2D eigenvalue weighted by Gasteiger charge is -2.03. The summed E-state index contributed by atoms with van der Waals surface area (Å²) in [4.78, 5) is 0. The Morgan fingerprint density at radius 3 is 3.00 bits per heavy atom. The monoisotopic (exact) mass is 142 g/mol. The van der Waals surface area contributed by atoms with Crippen LogP contribution in [0.4, 0.5) is 0 Å². The molecule has 1 aromatic carbocycles. The van der Waals surface area contributed by atoms with E-state index < -0.39 is 0 Å². The maximum absolute atomic E-state index is 5.36. The molecule has 1 aliphatic heterocycles. The standard InChI is InChI=1S/C10H6O/c1-2-7-3-4-8-6-9(8)10(7)11-5-1/h1-6H. The van der Waals surface area contributed by atoms with Gasteiger partial charge in [-0.1, -0.05) is 12.1 Å². The van der Waals surface area contributed by atoms with E-state index in [-0.39, 0.29) is 0 Å². The predicted molar refractivity (Wildman–Crippen MR) is 43.5 cm³/mol. The van der Waals surface area contributed by atoms with Crippen LogP contribution in [0.5, 0.6) is 5.75 Å². The predicted octanol–water partition coefficient (Wildman–Crippen LogP) is 0.515. The molecule has 0 saturated heterocycles. The maximum atomic E-state index is 5.36. The Morgan fingerprint density at radius 2 is 2.00 bits per heavy atom. The molecule has 1 aliphatic carbocycles. The molecule has 1 aromatic rings. The fourth-order valence-corrected chi connectivity index (χ4v) is 1.38. The Labute approximate surface area is 63.9 Å². The summed E-state index contributed by atoms with van der Waals surface area (Å²) >= 11 is 0. The molecular weight excluding hydrogens is 136 g/mol. The van der Waals surface area contributed by atoms with Crippen molar-refractivity contribution >= 4 is 12.2 Å². The van der Waals surface area contributed by atoms with Crippen molar-refractivity contribution in [2.75, 3.05) is 0 Å². The summed E-state index contributed by atoms with van der Waals surface area (Å²) in [7, 11) is 0. The third-order valence-electron chi connectivity index (χ3n) is 2.02. The van der Waals surface area contributed by atoms with Crippen molar-refractivity contribution in [3.8, 4) is 5.75 Å². The SMILES string of the molecule is C1=COc2c3c(ccc2=C1)=C3. The minimum Gasteiger partial charge on any atom is -0.464 e. The lowest BCUT2D eigenvalue weighted by Crippen LogP contribution is -2.09. The van der Waals surface area contributed by atoms with Crippen LogP contribution in [0, 0.1) is 0 Å². The van der Waals surface area contributed by atoms with Crippen LogP contribution < -0.4 is 15.2 Å². The molecule has 0 saturated carbocycles. The zero-order valence-corrected chi connectivity index (χ0v) is 5.87. The largest absolute Gasteiger partial charge is 0.464 e. The van der Waals surface area contributed by atoms with E-state index in [1.165, 1.54) is 16.0 Å². The lowest BCUT2D eigenvalue weighted by molar-refractivity contribution is 0.474. The molecule has 0 spiro atoms. The summed E-state index contributed by atoms with van der Waals surface area (Å²) in [5, 5.41) is 2.49. The first-order chi connectivity index (χ1) is 5.45. The highest BCUT2D eigenvalue weighted by molar-refractivity contribution is 5.73.